The first-order valence-electron chi connectivity index (χ1n) is 5.36. The maximum absolute atomic E-state index is 14.2. The van der Waals surface area contributed by atoms with Crippen molar-refractivity contribution in [2.45, 2.75) is 5.92 Å². The molecular weight excluding hydrogens is 295 g/mol. The quantitative estimate of drug-likeness (QED) is 0.554. The van der Waals surface area contributed by atoms with Crippen molar-refractivity contribution in [2.75, 3.05) is 0 Å². The summed E-state index contributed by atoms with van der Waals surface area (Å²) in [6.45, 7) is 0. The first kappa shape index (κ1) is 15.2. The second-order valence-electron chi connectivity index (χ2n) is 3.90. The molecule has 0 radical (unpaired) electrons. The summed E-state index contributed by atoms with van der Waals surface area (Å²) < 4.78 is 33.1. The van der Waals surface area contributed by atoms with E-state index in [1.807, 2.05) is 0 Å². The number of rotatable bonds is 2. The Bertz CT molecular complexity index is 808. The van der Waals surface area contributed by atoms with Gasteiger partial charge in [0, 0.05) is 17.1 Å². The number of H-pyrrole nitrogens is 1. The zero-order valence-corrected chi connectivity index (χ0v) is 13.2. The van der Waals surface area contributed by atoms with Crippen LogP contribution in [-0.4, -0.2) is 15.2 Å². The fourth-order valence-corrected chi connectivity index (χ4v) is 1.88. The van der Waals surface area contributed by atoms with Crippen molar-refractivity contribution >= 4 is 23.1 Å². The van der Waals surface area contributed by atoms with Gasteiger partial charge in [0.1, 0.15) is 0 Å². The van der Waals surface area contributed by atoms with Crippen molar-refractivity contribution < 1.29 is 44.2 Å². The van der Waals surface area contributed by atoms with Gasteiger partial charge >= 0.3 is 35.5 Å². The van der Waals surface area contributed by atoms with Crippen LogP contribution < -0.4 is 29.6 Å². The monoisotopic (exact) mass is 303 g/mol. The van der Waals surface area contributed by atoms with Crippen LogP contribution in [0.15, 0.2) is 40.9 Å². The molecule has 2 aromatic heterocycles. The molecule has 1 aromatic carbocycles. The molecule has 0 aliphatic heterocycles. The van der Waals surface area contributed by atoms with Gasteiger partial charge in [0.2, 0.25) is 0 Å². The Kier molecular flexibility index (Phi) is 4.33. The molecule has 4 nitrogen and oxygen atoms in total. The van der Waals surface area contributed by atoms with Crippen LogP contribution >= 0.6 is 12.2 Å². The van der Waals surface area contributed by atoms with Gasteiger partial charge in [0.05, 0.1) is 5.52 Å². The number of fused-ring (bicyclic) bond motifs is 1. The van der Waals surface area contributed by atoms with E-state index < -0.39 is 11.8 Å². The van der Waals surface area contributed by atoms with Crippen LogP contribution in [0, 0.1) is 4.84 Å². The summed E-state index contributed by atoms with van der Waals surface area (Å²) in [5.74, 6) is -4.10. The minimum Gasteiger partial charge on any atom is -1.00 e. The summed E-state index contributed by atoms with van der Waals surface area (Å²) in [7, 11) is 0. The topological polar surface area (TPSA) is 54.7 Å². The standard InChI is InChI=1S/C12H7F2N3OS.Na.H/c13-12(14,10-16-17-11(19)18-10)8-3-4-9-7(6-8)2-1-5-15-9;;/h1-6H,(H,17,19);;/q;+1;-1. The summed E-state index contributed by atoms with van der Waals surface area (Å²) in [5, 5.41) is 6.19. The molecule has 2 heterocycles. The summed E-state index contributed by atoms with van der Waals surface area (Å²) in [4.78, 5) is 3.89. The Morgan fingerprint density at radius 1 is 1.30 bits per heavy atom. The first-order chi connectivity index (χ1) is 9.07. The van der Waals surface area contributed by atoms with E-state index in [1.54, 1.807) is 18.3 Å². The number of nitrogens with one attached hydrogen (secondary N) is 1. The van der Waals surface area contributed by atoms with Crippen molar-refractivity contribution in [1.29, 1.82) is 0 Å². The molecule has 3 aromatic rings. The fraction of sp³-hybridized carbons (Fsp3) is 0.0833. The molecule has 98 valence electrons. The van der Waals surface area contributed by atoms with Crippen molar-refractivity contribution in [2.24, 2.45) is 0 Å². The molecule has 0 saturated carbocycles. The largest absolute Gasteiger partial charge is 1.00 e. The molecule has 20 heavy (non-hydrogen) atoms. The molecule has 0 amide bonds. The normalized spacial score (nSPS) is 11.3. The van der Waals surface area contributed by atoms with Crippen LogP contribution in [0.25, 0.3) is 10.9 Å². The van der Waals surface area contributed by atoms with Crippen molar-refractivity contribution in [3.63, 3.8) is 0 Å². The van der Waals surface area contributed by atoms with E-state index in [9.17, 15) is 8.78 Å². The average molecular weight is 303 g/mol. The zero-order valence-electron chi connectivity index (χ0n) is 11.4. The van der Waals surface area contributed by atoms with Gasteiger partial charge in [-0.05, 0) is 30.4 Å². The third kappa shape index (κ3) is 2.67. The number of hydrogen-bond donors (Lipinski definition) is 1. The second kappa shape index (κ2) is 5.69. The molecule has 0 fully saturated rings. The molecule has 3 rings (SSSR count). The minimum absolute atomic E-state index is 0. The van der Waals surface area contributed by atoms with Crippen LogP contribution in [-0.2, 0) is 5.92 Å². The van der Waals surface area contributed by atoms with Crippen molar-refractivity contribution in [1.82, 2.24) is 15.2 Å². The maximum atomic E-state index is 14.2. The molecular formula is C12H8F2N3NaOS. The third-order valence-electron chi connectivity index (χ3n) is 2.67. The van der Waals surface area contributed by atoms with Gasteiger partial charge in [-0.1, -0.05) is 12.1 Å². The molecule has 0 unspecified atom stereocenters. The number of hydrogen-bond acceptors (Lipinski definition) is 4. The van der Waals surface area contributed by atoms with E-state index >= 15 is 0 Å². The van der Waals surface area contributed by atoms with E-state index in [2.05, 4.69) is 27.4 Å². The molecule has 0 bridgehead atoms. The molecule has 8 heteroatoms. The Morgan fingerprint density at radius 3 is 2.80 bits per heavy atom. The smallest absolute Gasteiger partial charge is 1.00 e. The van der Waals surface area contributed by atoms with Gasteiger partial charge in [-0.25, -0.2) is 5.10 Å². The van der Waals surface area contributed by atoms with Gasteiger partial charge in [0.25, 0.3) is 10.7 Å². The third-order valence-corrected chi connectivity index (χ3v) is 2.85. The summed E-state index contributed by atoms with van der Waals surface area (Å²) in [6.07, 6.45) is 1.60. The predicted octanol–water partition coefficient (Wildman–Crippen LogP) is 0.537. The second-order valence-corrected chi connectivity index (χ2v) is 4.27. The Balaban J connectivity index is 0.00000110. The predicted molar refractivity (Wildman–Crippen MR) is 67.5 cm³/mol. The molecule has 0 spiro atoms. The number of aromatic amines is 1. The van der Waals surface area contributed by atoms with E-state index in [0.717, 1.165) is 0 Å². The van der Waals surface area contributed by atoms with Crippen LogP contribution in [0.2, 0.25) is 0 Å². The van der Waals surface area contributed by atoms with E-state index in [0.29, 0.717) is 10.9 Å². The number of halogens is 2. The van der Waals surface area contributed by atoms with Gasteiger partial charge in [0.15, 0.2) is 0 Å². The number of alkyl halides is 2. The van der Waals surface area contributed by atoms with Gasteiger partial charge < -0.3 is 5.84 Å². The minimum atomic E-state index is -3.35. The van der Waals surface area contributed by atoms with E-state index in [-0.39, 0.29) is 41.4 Å². The number of nitrogens with zero attached hydrogens (tertiary/aromatic N) is 2. The van der Waals surface area contributed by atoms with Crippen molar-refractivity contribution in [3.05, 3.63) is 52.8 Å². The van der Waals surface area contributed by atoms with Crippen molar-refractivity contribution in [3.8, 4) is 0 Å². The summed E-state index contributed by atoms with van der Waals surface area (Å²) in [5.41, 5.74) is 0.420. The average Bonchev–Trinajstić information content (AvgIpc) is 2.85. The molecule has 1 N–H and O–H groups in total. The zero-order chi connectivity index (χ0) is 13.5. The molecule has 0 aliphatic rings. The fourth-order valence-electron chi connectivity index (χ4n) is 1.76. The Hall–Kier alpha value is -1.15. The van der Waals surface area contributed by atoms with Crippen LogP contribution in [0.3, 0.4) is 0 Å². The van der Waals surface area contributed by atoms with Gasteiger partial charge in [-0.15, -0.1) is 5.10 Å². The van der Waals surface area contributed by atoms with Crippen LogP contribution in [0.1, 0.15) is 12.9 Å². The number of benzene rings is 1. The van der Waals surface area contributed by atoms with E-state index in [1.165, 1.54) is 18.2 Å². The van der Waals surface area contributed by atoms with Gasteiger partial charge in [-0.3, -0.25) is 4.98 Å². The SMILES string of the molecule is FC(F)(c1ccc2ncccc2c1)c1n[nH]c(=S)o1.[H-].[Na+]. The maximum Gasteiger partial charge on any atom is 1.00 e. The van der Waals surface area contributed by atoms with Gasteiger partial charge in [-0.2, -0.15) is 8.78 Å². The Morgan fingerprint density at radius 2 is 2.10 bits per heavy atom. The van der Waals surface area contributed by atoms with E-state index in [4.69, 9.17) is 4.42 Å². The Labute approximate surface area is 141 Å². The first-order valence-corrected chi connectivity index (χ1v) is 5.77. The number of pyridine rings is 1. The summed E-state index contributed by atoms with van der Waals surface area (Å²) >= 11 is 4.60. The molecule has 0 saturated heterocycles. The van der Waals surface area contributed by atoms with Crippen LogP contribution in [0.4, 0.5) is 8.78 Å². The number of aromatic nitrogens is 3. The molecule has 0 aliphatic carbocycles. The summed E-state index contributed by atoms with van der Waals surface area (Å²) in [6, 6.07) is 7.57. The van der Waals surface area contributed by atoms with Crippen LogP contribution in [0.5, 0.6) is 0 Å². The molecule has 0 atom stereocenters.